The first kappa shape index (κ1) is 11.7. The lowest BCUT2D eigenvalue weighted by Crippen LogP contribution is -2.14. The largest absolute Gasteiger partial charge is 0.376 e. The molecule has 4 heteroatoms. The minimum atomic E-state index is 0.341. The molecule has 2 N–H and O–H groups in total. The molecule has 0 spiro atoms. The lowest BCUT2D eigenvalue weighted by Gasteiger charge is -2.10. The molecule has 1 saturated heterocycles. The van der Waals surface area contributed by atoms with Gasteiger partial charge in [0.1, 0.15) is 5.65 Å². The van der Waals surface area contributed by atoms with E-state index >= 15 is 0 Å². The van der Waals surface area contributed by atoms with Gasteiger partial charge in [0.15, 0.2) is 0 Å². The topological polar surface area (TPSA) is 53.1 Å². The molecule has 4 nitrogen and oxygen atoms in total. The van der Waals surface area contributed by atoms with E-state index in [2.05, 4.69) is 21.8 Å². The lowest BCUT2D eigenvalue weighted by atomic mass is 10.2. The van der Waals surface area contributed by atoms with Crippen LogP contribution in [0.3, 0.4) is 0 Å². The fraction of sp³-hybridized carbons (Fsp3) is 0.500. The number of nitrogens with zero attached hydrogens (tertiary/aromatic N) is 2. The number of hydrogen-bond donors (Lipinski definition) is 1. The summed E-state index contributed by atoms with van der Waals surface area (Å²) in [7, 11) is 0. The summed E-state index contributed by atoms with van der Waals surface area (Å²) in [5.74, 6) is 0. The van der Waals surface area contributed by atoms with Gasteiger partial charge in [-0.15, -0.1) is 0 Å². The third kappa shape index (κ3) is 2.13. The lowest BCUT2D eigenvalue weighted by molar-refractivity contribution is 0.0979. The number of pyridine rings is 1. The summed E-state index contributed by atoms with van der Waals surface area (Å²) >= 11 is 0. The highest BCUT2D eigenvalue weighted by molar-refractivity contribution is 5.80. The predicted molar refractivity (Wildman–Crippen MR) is 71.5 cm³/mol. The van der Waals surface area contributed by atoms with E-state index in [0.717, 1.165) is 31.6 Å². The fourth-order valence-corrected chi connectivity index (χ4v) is 2.70. The first-order chi connectivity index (χ1) is 8.88. The van der Waals surface area contributed by atoms with Gasteiger partial charge in [0, 0.05) is 24.4 Å². The second-order valence-electron chi connectivity index (χ2n) is 4.85. The maximum absolute atomic E-state index is 5.70. The van der Waals surface area contributed by atoms with Gasteiger partial charge in [-0.05, 0) is 43.5 Å². The van der Waals surface area contributed by atoms with Gasteiger partial charge in [0.25, 0.3) is 0 Å². The minimum absolute atomic E-state index is 0.341. The van der Waals surface area contributed by atoms with Crippen LogP contribution >= 0.6 is 0 Å². The normalized spacial score (nSPS) is 19.7. The SMILES string of the molecule is NCCc1cn(CC2CCCO2)c2ncccc12. The Bertz CT molecular complexity index is 529. The molecule has 1 unspecified atom stereocenters. The molecule has 96 valence electrons. The molecular weight excluding hydrogens is 226 g/mol. The van der Waals surface area contributed by atoms with E-state index in [4.69, 9.17) is 10.5 Å². The van der Waals surface area contributed by atoms with Crippen LogP contribution in [0.5, 0.6) is 0 Å². The van der Waals surface area contributed by atoms with E-state index in [0.29, 0.717) is 12.6 Å². The van der Waals surface area contributed by atoms with Gasteiger partial charge in [0.2, 0.25) is 0 Å². The Labute approximate surface area is 107 Å². The maximum Gasteiger partial charge on any atom is 0.140 e. The van der Waals surface area contributed by atoms with E-state index in [9.17, 15) is 0 Å². The van der Waals surface area contributed by atoms with Crippen molar-refractivity contribution in [2.45, 2.75) is 31.9 Å². The molecule has 0 amide bonds. The molecule has 0 bridgehead atoms. The van der Waals surface area contributed by atoms with Crippen LogP contribution in [0.4, 0.5) is 0 Å². The van der Waals surface area contributed by atoms with Gasteiger partial charge in [-0.1, -0.05) is 0 Å². The molecule has 0 saturated carbocycles. The van der Waals surface area contributed by atoms with Crippen molar-refractivity contribution in [3.05, 3.63) is 30.1 Å². The van der Waals surface area contributed by atoms with Crippen LogP contribution in [0.2, 0.25) is 0 Å². The molecule has 0 radical (unpaired) electrons. The Morgan fingerprint density at radius 1 is 1.50 bits per heavy atom. The first-order valence-electron chi connectivity index (χ1n) is 6.63. The first-order valence-corrected chi connectivity index (χ1v) is 6.63. The number of aromatic nitrogens is 2. The number of nitrogens with two attached hydrogens (primary N) is 1. The zero-order valence-electron chi connectivity index (χ0n) is 10.5. The highest BCUT2D eigenvalue weighted by Gasteiger charge is 2.18. The van der Waals surface area contributed by atoms with E-state index in [1.807, 2.05) is 12.3 Å². The molecule has 3 heterocycles. The molecule has 1 aliphatic heterocycles. The molecule has 3 rings (SSSR count). The average Bonchev–Trinajstić information content (AvgIpc) is 3.00. The third-order valence-electron chi connectivity index (χ3n) is 3.55. The zero-order chi connectivity index (χ0) is 12.4. The van der Waals surface area contributed by atoms with E-state index in [-0.39, 0.29) is 0 Å². The Hall–Kier alpha value is -1.39. The van der Waals surface area contributed by atoms with Crippen molar-refractivity contribution in [3.63, 3.8) is 0 Å². The van der Waals surface area contributed by atoms with Gasteiger partial charge in [0.05, 0.1) is 12.6 Å². The van der Waals surface area contributed by atoms with Crippen molar-refractivity contribution in [3.8, 4) is 0 Å². The van der Waals surface area contributed by atoms with E-state index < -0.39 is 0 Å². The maximum atomic E-state index is 5.70. The van der Waals surface area contributed by atoms with Gasteiger partial charge >= 0.3 is 0 Å². The molecule has 2 aromatic heterocycles. The van der Waals surface area contributed by atoms with Crippen LogP contribution in [0.25, 0.3) is 11.0 Å². The van der Waals surface area contributed by atoms with E-state index in [1.165, 1.54) is 17.4 Å². The van der Waals surface area contributed by atoms with Crippen molar-refractivity contribution < 1.29 is 4.74 Å². The summed E-state index contributed by atoms with van der Waals surface area (Å²) in [4.78, 5) is 4.49. The summed E-state index contributed by atoms with van der Waals surface area (Å²) in [5.41, 5.74) is 8.01. The summed E-state index contributed by atoms with van der Waals surface area (Å²) in [5, 5.41) is 1.22. The van der Waals surface area contributed by atoms with Gasteiger partial charge in [-0.2, -0.15) is 0 Å². The highest BCUT2D eigenvalue weighted by atomic mass is 16.5. The molecule has 2 aromatic rings. The number of rotatable bonds is 4. The number of fused-ring (bicyclic) bond motifs is 1. The minimum Gasteiger partial charge on any atom is -0.376 e. The Morgan fingerprint density at radius 3 is 3.22 bits per heavy atom. The van der Waals surface area contributed by atoms with Crippen molar-refractivity contribution >= 4 is 11.0 Å². The molecule has 1 aliphatic rings. The Balaban J connectivity index is 1.94. The summed E-state index contributed by atoms with van der Waals surface area (Å²) in [6.45, 7) is 2.47. The van der Waals surface area contributed by atoms with Crippen LogP contribution in [0.15, 0.2) is 24.5 Å². The van der Waals surface area contributed by atoms with Crippen LogP contribution in [-0.4, -0.2) is 28.8 Å². The average molecular weight is 245 g/mol. The molecule has 0 aliphatic carbocycles. The van der Waals surface area contributed by atoms with Gasteiger partial charge < -0.3 is 15.0 Å². The zero-order valence-corrected chi connectivity index (χ0v) is 10.5. The highest BCUT2D eigenvalue weighted by Crippen LogP contribution is 2.22. The fourth-order valence-electron chi connectivity index (χ4n) is 2.70. The monoisotopic (exact) mass is 245 g/mol. The van der Waals surface area contributed by atoms with Gasteiger partial charge in [-0.3, -0.25) is 0 Å². The van der Waals surface area contributed by atoms with Crippen LogP contribution < -0.4 is 5.73 Å². The standard InChI is InChI=1S/C14H19N3O/c15-6-5-11-9-17(10-12-3-2-8-18-12)14-13(11)4-1-7-16-14/h1,4,7,9,12H,2-3,5-6,8,10,15H2. The smallest absolute Gasteiger partial charge is 0.140 e. The van der Waals surface area contributed by atoms with Crippen LogP contribution in [0, 0.1) is 0 Å². The summed E-state index contributed by atoms with van der Waals surface area (Å²) in [6.07, 6.45) is 7.60. The number of hydrogen-bond acceptors (Lipinski definition) is 3. The summed E-state index contributed by atoms with van der Waals surface area (Å²) in [6, 6.07) is 4.11. The molecule has 1 atom stereocenters. The molecular formula is C14H19N3O. The second-order valence-corrected chi connectivity index (χ2v) is 4.85. The Morgan fingerprint density at radius 2 is 2.44 bits per heavy atom. The van der Waals surface area contributed by atoms with Crippen molar-refractivity contribution in [2.75, 3.05) is 13.2 Å². The molecule has 1 fully saturated rings. The molecule has 0 aromatic carbocycles. The summed E-state index contributed by atoms with van der Waals surface area (Å²) < 4.78 is 7.92. The quantitative estimate of drug-likeness (QED) is 0.892. The van der Waals surface area contributed by atoms with Crippen molar-refractivity contribution in [2.24, 2.45) is 5.73 Å². The van der Waals surface area contributed by atoms with Crippen LogP contribution in [-0.2, 0) is 17.7 Å². The van der Waals surface area contributed by atoms with Crippen LogP contribution in [0.1, 0.15) is 18.4 Å². The van der Waals surface area contributed by atoms with Crippen molar-refractivity contribution in [1.29, 1.82) is 0 Å². The third-order valence-corrected chi connectivity index (χ3v) is 3.55. The van der Waals surface area contributed by atoms with Crippen molar-refractivity contribution in [1.82, 2.24) is 9.55 Å². The predicted octanol–water partition coefficient (Wildman–Crippen LogP) is 1.72. The van der Waals surface area contributed by atoms with E-state index in [1.54, 1.807) is 0 Å². The Kier molecular flexibility index (Phi) is 3.30. The van der Waals surface area contributed by atoms with Gasteiger partial charge in [-0.25, -0.2) is 4.98 Å². The molecule has 18 heavy (non-hydrogen) atoms. The number of ether oxygens (including phenoxy) is 1. The second kappa shape index (κ2) is 5.08.